The molecule has 2 aromatic carbocycles. The highest BCUT2D eigenvalue weighted by atomic mass is 19.4. The van der Waals surface area contributed by atoms with Crippen molar-refractivity contribution in [2.45, 2.75) is 12.7 Å². The Kier molecular flexibility index (Phi) is 5.81. The van der Waals surface area contributed by atoms with E-state index >= 15 is 0 Å². The number of rotatable bonds is 6. The van der Waals surface area contributed by atoms with E-state index in [1.807, 2.05) is 0 Å². The molecule has 0 bridgehead atoms. The maximum atomic E-state index is 12.9. The van der Waals surface area contributed by atoms with E-state index in [1.54, 1.807) is 24.3 Å². The van der Waals surface area contributed by atoms with Gasteiger partial charge in [-0.05, 0) is 29.8 Å². The van der Waals surface area contributed by atoms with E-state index in [-0.39, 0.29) is 17.8 Å². The van der Waals surface area contributed by atoms with Crippen molar-refractivity contribution < 1.29 is 27.6 Å². The van der Waals surface area contributed by atoms with Gasteiger partial charge in [-0.15, -0.1) is 0 Å². The molecular formula is C17H15F3N2O4. The highest BCUT2D eigenvalue weighted by Crippen LogP contribution is 2.22. The molecule has 0 radical (unpaired) electrons. The molecule has 0 atom stereocenters. The van der Waals surface area contributed by atoms with Crippen LogP contribution in [0, 0.1) is 10.1 Å². The third-order valence-electron chi connectivity index (χ3n) is 3.51. The number of methoxy groups -OCH3 is 1. The zero-order valence-corrected chi connectivity index (χ0v) is 13.7. The maximum absolute atomic E-state index is 12.9. The van der Waals surface area contributed by atoms with Gasteiger partial charge in [0.25, 0.3) is 11.6 Å². The number of non-ortho nitro benzene ring substituents is 1. The van der Waals surface area contributed by atoms with Crippen LogP contribution in [-0.2, 0) is 6.54 Å². The minimum Gasteiger partial charge on any atom is -0.497 e. The molecule has 138 valence electrons. The van der Waals surface area contributed by atoms with Gasteiger partial charge in [-0.25, -0.2) is 0 Å². The predicted octanol–water partition coefficient (Wildman–Crippen LogP) is 3.81. The van der Waals surface area contributed by atoms with Crippen LogP contribution < -0.4 is 4.74 Å². The van der Waals surface area contributed by atoms with Crippen LogP contribution in [0.5, 0.6) is 5.75 Å². The molecule has 6 nitrogen and oxygen atoms in total. The number of nitrogens with zero attached hydrogens (tertiary/aromatic N) is 2. The van der Waals surface area contributed by atoms with Gasteiger partial charge >= 0.3 is 6.18 Å². The van der Waals surface area contributed by atoms with Crippen molar-refractivity contribution in [2.24, 2.45) is 0 Å². The summed E-state index contributed by atoms with van der Waals surface area (Å²) in [5, 5.41) is 10.6. The number of alkyl halides is 3. The number of halogens is 3. The zero-order chi connectivity index (χ0) is 19.3. The quantitative estimate of drug-likeness (QED) is 0.574. The van der Waals surface area contributed by atoms with Gasteiger partial charge in [0, 0.05) is 24.2 Å². The normalized spacial score (nSPS) is 11.1. The number of hydrogen-bond acceptors (Lipinski definition) is 4. The molecule has 2 rings (SSSR count). The maximum Gasteiger partial charge on any atom is 0.406 e. The molecule has 1 amide bonds. The Morgan fingerprint density at radius 1 is 1.12 bits per heavy atom. The van der Waals surface area contributed by atoms with Crippen LogP contribution in [0.3, 0.4) is 0 Å². The lowest BCUT2D eigenvalue weighted by atomic mass is 10.1. The number of ether oxygens (including phenoxy) is 1. The third-order valence-corrected chi connectivity index (χ3v) is 3.51. The fraction of sp³-hybridized carbons (Fsp3) is 0.235. The molecule has 9 heteroatoms. The summed E-state index contributed by atoms with van der Waals surface area (Å²) in [6.45, 7) is -1.70. The van der Waals surface area contributed by atoms with E-state index in [0.717, 1.165) is 24.3 Å². The molecule has 2 aromatic rings. The third kappa shape index (κ3) is 5.20. The molecule has 0 aliphatic rings. The van der Waals surface area contributed by atoms with E-state index in [0.29, 0.717) is 16.2 Å². The fourth-order valence-electron chi connectivity index (χ4n) is 2.28. The van der Waals surface area contributed by atoms with Crippen LogP contribution in [-0.4, -0.2) is 35.6 Å². The van der Waals surface area contributed by atoms with Crippen LogP contribution in [0.4, 0.5) is 18.9 Å². The lowest BCUT2D eigenvalue weighted by Crippen LogP contribution is -2.38. The summed E-state index contributed by atoms with van der Waals surface area (Å²) in [5.74, 6) is -0.328. The second-order valence-electron chi connectivity index (χ2n) is 5.43. The van der Waals surface area contributed by atoms with E-state index in [1.165, 1.54) is 7.11 Å². The van der Waals surface area contributed by atoms with Crippen molar-refractivity contribution in [1.82, 2.24) is 4.90 Å². The molecule has 0 saturated carbocycles. The minimum atomic E-state index is -4.58. The number of carbonyl (C=O) groups is 1. The van der Waals surface area contributed by atoms with Crippen molar-refractivity contribution in [3.8, 4) is 5.75 Å². The van der Waals surface area contributed by atoms with Crippen LogP contribution in [0.25, 0.3) is 0 Å². The second-order valence-corrected chi connectivity index (χ2v) is 5.43. The molecule has 0 unspecified atom stereocenters. The molecule has 0 spiro atoms. The Labute approximate surface area is 146 Å². The average Bonchev–Trinajstić information content (AvgIpc) is 2.60. The molecule has 0 aromatic heterocycles. The SMILES string of the molecule is COc1ccc(CN(CC(F)(F)F)C(=O)c2ccc([N+](=O)[O-])cc2)cc1. The molecule has 26 heavy (non-hydrogen) atoms. The summed E-state index contributed by atoms with van der Waals surface area (Å²) < 4.78 is 43.6. The Morgan fingerprint density at radius 2 is 1.69 bits per heavy atom. The number of nitro groups is 1. The van der Waals surface area contributed by atoms with Crippen molar-refractivity contribution in [3.05, 3.63) is 69.8 Å². The first-order chi connectivity index (χ1) is 12.2. The lowest BCUT2D eigenvalue weighted by Gasteiger charge is -2.24. The Morgan fingerprint density at radius 3 is 2.15 bits per heavy atom. The largest absolute Gasteiger partial charge is 0.497 e. The first kappa shape index (κ1) is 19.2. The van der Waals surface area contributed by atoms with Gasteiger partial charge in [0.15, 0.2) is 0 Å². The van der Waals surface area contributed by atoms with Gasteiger partial charge in [-0.2, -0.15) is 13.2 Å². The van der Waals surface area contributed by atoms with Crippen LogP contribution >= 0.6 is 0 Å². The predicted molar refractivity (Wildman–Crippen MR) is 86.9 cm³/mol. The average molecular weight is 368 g/mol. The second kappa shape index (κ2) is 7.85. The van der Waals surface area contributed by atoms with E-state index in [4.69, 9.17) is 4.74 Å². The van der Waals surface area contributed by atoms with E-state index in [9.17, 15) is 28.1 Å². The number of carbonyl (C=O) groups excluding carboxylic acids is 1. The molecule has 0 aliphatic carbocycles. The number of benzene rings is 2. The molecule has 0 aliphatic heterocycles. The summed E-state index contributed by atoms with van der Waals surface area (Å²) in [6, 6.07) is 10.7. The van der Waals surface area contributed by atoms with Crippen LogP contribution in [0.15, 0.2) is 48.5 Å². The molecule has 0 saturated heterocycles. The van der Waals surface area contributed by atoms with Gasteiger partial charge < -0.3 is 9.64 Å². The summed E-state index contributed by atoms with van der Waals surface area (Å²) in [7, 11) is 1.46. The summed E-state index contributed by atoms with van der Waals surface area (Å²) in [6.07, 6.45) is -4.58. The molecular weight excluding hydrogens is 353 g/mol. The van der Waals surface area contributed by atoms with Crippen LogP contribution in [0.2, 0.25) is 0 Å². The zero-order valence-electron chi connectivity index (χ0n) is 13.7. The molecule has 0 heterocycles. The van der Waals surface area contributed by atoms with Crippen molar-refractivity contribution in [2.75, 3.05) is 13.7 Å². The van der Waals surface area contributed by atoms with Gasteiger partial charge in [0.05, 0.1) is 12.0 Å². The van der Waals surface area contributed by atoms with Crippen molar-refractivity contribution in [3.63, 3.8) is 0 Å². The summed E-state index contributed by atoms with van der Waals surface area (Å²) >= 11 is 0. The van der Waals surface area contributed by atoms with Gasteiger partial charge in [-0.3, -0.25) is 14.9 Å². The Balaban J connectivity index is 2.24. The number of hydrogen-bond donors (Lipinski definition) is 0. The topological polar surface area (TPSA) is 72.7 Å². The summed E-state index contributed by atoms with van der Waals surface area (Å²) in [4.78, 5) is 23.1. The lowest BCUT2D eigenvalue weighted by molar-refractivity contribution is -0.384. The molecule has 0 N–H and O–H groups in total. The first-order valence-corrected chi connectivity index (χ1v) is 7.43. The minimum absolute atomic E-state index is 0.0617. The van der Waals surface area contributed by atoms with E-state index in [2.05, 4.69) is 0 Å². The van der Waals surface area contributed by atoms with Gasteiger partial charge in [0.1, 0.15) is 12.3 Å². The smallest absolute Gasteiger partial charge is 0.406 e. The Hall–Kier alpha value is -3.10. The van der Waals surface area contributed by atoms with Crippen molar-refractivity contribution >= 4 is 11.6 Å². The standard InChI is InChI=1S/C17H15F3N2O4/c1-26-15-8-2-12(3-9-15)10-21(11-17(18,19)20)16(23)13-4-6-14(7-5-13)22(24)25/h2-9H,10-11H2,1H3. The number of nitro benzene ring substituents is 1. The first-order valence-electron chi connectivity index (χ1n) is 7.43. The highest BCUT2D eigenvalue weighted by Gasteiger charge is 2.33. The van der Waals surface area contributed by atoms with Crippen molar-refractivity contribution in [1.29, 1.82) is 0 Å². The van der Waals surface area contributed by atoms with Gasteiger partial charge in [-0.1, -0.05) is 12.1 Å². The van der Waals surface area contributed by atoms with Gasteiger partial charge in [0.2, 0.25) is 0 Å². The summed E-state index contributed by atoms with van der Waals surface area (Å²) in [5.41, 5.74) is 0.178. The van der Waals surface area contributed by atoms with Crippen LogP contribution in [0.1, 0.15) is 15.9 Å². The highest BCUT2D eigenvalue weighted by molar-refractivity contribution is 5.94. The fourth-order valence-corrected chi connectivity index (χ4v) is 2.28. The monoisotopic (exact) mass is 368 g/mol. The number of amides is 1. The Bertz CT molecular complexity index is 774. The van der Waals surface area contributed by atoms with E-state index < -0.39 is 23.6 Å². The molecule has 0 fully saturated rings.